The minimum absolute atomic E-state index is 0.0797. The second-order valence-corrected chi connectivity index (χ2v) is 5.75. The Kier molecular flexibility index (Phi) is 2.88. The minimum atomic E-state index is -0.434. The van der Waals surface area contributed by atoms with Gasteiger partial charge in [0.1, 0.15) is 17.0 Å². The van der Waals surface area contributed by atoms with Gasteiger partial charge in [0.25, 0.3) is 0 Å². The fourth-order valence-electron chi connectivity index (χ4n) is 3.35. The average Bonchev–Trinajstić information content (AvgIpc) is 2.39. The predicted octanol–water partition coefficient (Wildman–Crippen LogP) is 3.01. The van der Waals surface area contributed by atoms with Crippen molar-refractivity contribution in [3.8, 4) is 5.75 Å². The van der Waals surface area contributed by atoms with E-state index < -0.39 is 5.54 Å². The lowest BCUT2D eigenvalue weighted by Gasteiger charge is -2.43. The molecule has 0 aromatic heterocycles. The Morgan fingerprint density at radius 1 is 1.42 bits per heavy atom. The van der Waals surface area contributed by atoms with E-state index in [1.807, 2.05) is 18.2 Å². The molecule has 2 aliphatic rings. The Balaban J connectivity index is 1.98. The normalized spacial score (nSPS) is 29.4. The van der Waals surface area contributed by atoms with Gasteiger partial charge in [-0.3, -0.25) is 4.79 Å². The lowest BCUT2D eigenvalue weighted by molar-refractivity contribution is -0.122. The highest BCUT2D eigenvalue weighted by Gasteiger charge is 2.45. The summed E-state index contributed by atoms with van der Waals surface area (Å²) in [6.07, 6.45) is 4.11. The first-order valence-corrected chi connectivity index (χ1v) is 6.91. The summed E-state index contributed by atoms with van der Waals surface area (Å²) in [5.74, 6) is 1.37. The Labute approximate surface area is 113 Å². The van der Waals surface area contributed by atoms with E-state index in [9.17, 15) is 4.79 Å². The molecule has 4 heteroatoms. The number of nitrogens with one attached hydrogen (secondary N) is 2. The van der Waals surface area contributed by atoms with E-state index in [4.69, 9.17) is 4.74 Å². The number of carbonyl (C=O) groups excluding carboxylic acids is 1. The number of anilines is 2. The van der Waals surface area contributed by atoms with Gasteiger partial charge < -0.3 is 15.4 Å². The summed E-state index contributed by atoms with van der Waals surface area (Å²) < 4.78 is 5.30. The summed E-state index contributed by atoms with van der Waals surface area (Å²) in [5, 5.41) is 6.51. The topological polar surface area (TPSA) is 50.4 Å². The van der Waals surface area contributed by atoms with Crippen molar-refractivity contribution in [2.24, 2.45) is 5.92 Å². The quantitative estimate of drug-likeness (QED) is 0.816. The number of fused-ring (bicyclic) bond motifs is 1. The number of amides is 1. The van der Waals surface area contributed by atoms with Crippen LogP contribution in [0.2, 0.25) is 0 Å². The van der Waals surface area contributed by atoms with Crippen LogP contribution in [0.1, 0.15) is 32.6 Å². The molecule has 2 unspecified atom stereocenters. The van der Waals surface area contributed by atoms with Gasteiger partial charge in [0.05, 0.1) is 12.8 Å². The van der Waals surface area contributed by atoms with Crippen LogP contribution in [0, 0.1) is 5.92 Å². The van der Waals surface area contributed by atoms with Crippen LogP contribution in [0.5, 0.6) is 5.75 Å². The number of methoxy groups -OCH3 is 1. The standard InChI is InChI=1S/C15H20N2O2/c1-10-5-4-8-15(9-10)14(18)16-13-11(17-15)6-3-7-12(13)19-2/h3,6-7,10,17H,4-5,8-9H2,1-2H3,(H,16,18). The molecule has 3 rings (SSSR count). The number of carbonyl (C=O) groups is 1. The van der Waals surface area contributed by atoms with Gasteiger partial charge in [-0.15, -0.1) is 0 Å². The molecule has 1 heterocycles. The summed E-state index contributed by atoms with van der Waals surface area (Å²) in [4.78, 5) is 12.5. The molecule has 1 aliphatic heterocycles. The van der Waals surface area contributed by atoms with E-state index in [1.54, 1.807) is 7.11 Å². The van der Waals surface area contributed by atoms with E-state index in [0.717, 1.165) is 30.6 Å². The van der Waals surface area contributed by atoms with Gasteiger partial charge in [-0.2, -0.15) is 0 Å². The maximum Gasteiger partial charge on any atom is 0.250 e. The van der Waals surface area contributed by atoms with Crippen molar-refractivity contribution >= 4 is 17.3 Å². The highest BCUT2D eigenvalue weighted by atomic mass is 16.5. The molecule has 0 saturated heterocycles. The summed E-state index contributed by atoms with van der Waals surface area (Å²) in [7, 11) is 1.62. The molecule has 0 bridgehead atoms. The first-order valence-electron chi connectivity index (χ1n) is 6.91. The molecular formula is C15H20N2O2. The number of hydrogen-bond donors (Lipinski definition) is 2. The van der Waals surface area contributed by atoms with Gasteiger partial charge in [0.2, 0.25) is 5.91 Å². The summed E-state index contributed by atoms with van der Waals surface area (Å²) >= 11 is 0. The van der Waals surface area contributed by atoms with Gasteiger partial charge in [-0.25, -0.2) is 0 Å². The van der Waals surface area contributed by atoms with E-state index in [2.05, 4.69) is 17.6 Å². The van der Waals surface area contributed by atoms with Crippen LogP contribution in [-0.2, 0) is 4.79 Å². The lowest BCUT2D eigenvalue weighted by Crippen LogP contribution is -2.54. The van der Waals surface area contributed by atoms with Crippen molar-refractivity contribution < 1.29 is 9.53 Å². The third-order valence-electron chi connectivity index (χ3n) is 4.29. The van der Waals surface area contributed by atoms with Crippen molar-refractivity contribution in [2.75, 3.05) is 17.7 Å². The van der Waals surface area contributed by atoms with Crippen molar-refractivity contribution in [3.63, 3.8) is 0 Å². The Morgan fingerprint density at radius 2 is 2.26 bits per heavy atom. The largest absolute Gasteiger partial charge is 0.494 e. The number of hydrogen-bond acceptors (Lipinski definition) is 3. The third-order valence-corrected chi connectivity index (χ3v) is 4.29. The van der Waals surface area contributed by atoms with Crippen molar-refractivity contribution in [3.05, 3.63) is 18.2 Å². The molecule has 1 aromatic carbocycles. The van der Waals surface area contributed by atoms with Crippen molar-refractivity contribution in [1.82, 2.24) is 0 Å². The number of para-hydroxylation sites is 1. The SMILES string of the molecule is COc1cccc2c1NC(=O)C1(CCCC(C)C1)N2. The molecular weight excluding hydrogens is 240 g/mol. The summed E-state index contributed by atoms with van der Waals surface area (Å²) in [6.45, 7) is 2.22. The molecule has 19 heavy (non-hydrogen) atoms. The minimum Gasteiger partial charge on any atom is -0.494 e. The van der Waals surface area contributed by atoms with E-state index in [-0.39, 0.29) is 5.91 Å². The second-order valence-electron chi connectivity index (χ2n) is 5.75. The Hall–Kier alpha value is -1.71. The van der Waals surface area contributed by atoms with Crippen LogP contribution >= 0.6 is 0 Å². The molecule has 2 N–H and O–H groups in total. The predicted molar refractivity (Wildman–Crippen MR) is 75.6 cm³/mol. The summed E-state index contributed by atoms with van der Waals surface area (Å²) in [5.41, 5.74) is 1.30. The fourth-order valence-corrected chi connectivity index (χ4v) is 3.35. The average molecular weight is 260 g/mol. The molecule has 2 atom stereocenters. The molecule has 0 radical (unpaired) electrons. The maximum absolute atomic E-state index is 12.5. The second kappa shape index (κ2) is 4.44. The third kappa shape index (κ3) is 1.95. The molecule has 1 aromatic rings. The number of rotatable bonds is 1. The monoisotopic (exact) mass is 260 g/mol. The Morgan fingerprint density at radius 3 is 3.00 bits per heavy atom. The molecule has 1 fully saturated rings. The molecule has 4 nitrogen and oxygen atoms in total. The van der Waals surface area contributed by atoms with Gasteiger partial charge in [-0.05, 0) is 30.9 Å². The van der Waals surface area contributed by atoms with Crippen LogP contribution in [0.25, 0.3) is 0 Å². The zero-order valence-electron chi connectivity index (χ0n) is 11.5. The highest BCUT2D eigenvalue weighted by molar-refractivity contribution is 6.07. The number of ether oxygens (including phenoxy) is 1. The van der Waals surface area contributed by atoms with Crippen LogP contribution in [-0.4, -0.2) is 18.6 Å². The van der Waals surface area contributed by atoms with Crippen molar-refractivity contribution in [1.29, 1.82) is 0 Å². The zero-order chi connectivity index (χ0) is 13.5. The van der Waals surface area contributed by atoms with Crippen LogP contribution in [0.15, 0.2) is 18.2 Å². The molecule has 1 saturated carbocycles. The smallest absolute Gasteiger partial charge is 0.250 e. The molecule has 102 valence electrons. The first kappa shape index (κ1) is 12.3. The Bertz CT molecular complexity index is 515. The van der Waals surface area contributed by atoms with Gasteiger partial charge in [-0.1, -0.05) is 25.8 Å². The zero-order valence-corrected chi connectivity index (χ0v) is 11.5. The van der Waals surface area contributed by atoms with Gasteiger partial charge in [0, 0.05) is 0 Å². The number of benzene rings is 1. The van der Waals surface area contributed by atoms with Gasteiger partial charge in [0.15, 0.2) is 0 Å². The highest BCUT2D eigenvalue weighted by Crippen LogP contribution is 2.43. The fraction of sp³-hybridized carbons (Fsp3) is 0.533. The van der Waals surface area contributed by atoms with Crippen LogP contribution in [0.4, 0.5) is 11.4 Å². The summed E-state index contributed by atoms with van der Waals surface area (Å²) in [6, 6.07) is 5.81. The van der Waals surface area contributed by atoms with Crippen LogP contribution in [0.3, 0.4) is 0 Å². The maximum atomic E-state index is 12.5. The molecule has 1 amide bonds. The molecule has 1 spiro atoms. The first-order chi connectivity index (χ1) is 9.14. The van der Waals surface area contributed by atoms with Crippen molar-refractivity contribution in [2.45, 2.75) is 38.1 Å². The van der Waals surface area contributed by atoms with E-state index in [0.29, 0.717) is 11.7 Å². The lowest BCUT2D eigenvalue weighted by atomic mass is 9.74. The van der Waals surface area contributed by atoms with E-state index >= 15 is 0 Å². The molecule has 1 aliphatic carbocycles. The van der Waals surface area contributed by atoms with Crippen LogP contribution < -0.4 is 15.4 Å². The van der Waals surface area contributed by atoms with E-state index in [1.165, 1.54) is 6.42 Å². The van der Waals surface area contributed by atoms with Gasteiger partial charge >= 0.3 is 0 Å².